The predicted octanol–water partition coefficient (Wildman–Crippen LogP) is 2.37. The number of carbonyl (C=O) groups excluding carboxylic acids is 1. The van der Waals surface area contributed by atoms with Crippen LogP contribution in [0.15, 0.2) is 24.3 Å². The lowest BCUT2D eigenvalue weighted by Crippen LogP contribution is -2.47. The zero-order valence-corrected chi connectivity index (χ0v) is 12.7. The Morgan fingerprint density at radius 3 is 2.42 bits per heavy atom. The molecule has 19 heavy (non-hydrogen) atoms. The Bertz CT molecular complexity index is 438. The Labute approximate surface area is 116 Å². The quantitative estimate of drug-likeness (QED) is 0.856. The normalized spacial score (nSPS) is 13.4. The molecule has 3 heteroatoms. The number of carbonyl (C=O) groups is 1. The lowest BCUT2D eigenvalue weighted by Gasteiger charge is -2.28. The van der Waals surface area contributed by atoms with E-state index in [1.165, 1.54) is 11.1 Å². The van der Waals surface area contributed by atoms with Crippen LogP contribution in [0.2, 0.25) is 0 Å². The minimum atomic E-state index is -0.437. The Morgan fingerprint density at radius 2 is 1.89 bits per heavy atom. The van der Waals surface area contributed by atoms with Gasteiger partial charge in [-0.2, -0.15) is 0 Å². The van der Waals surface area contributed by atoms with Crippen LogP contribution in [0.5, 0.6) is 0 Å². The van der Waals surface area contributed by atoms with Gasteiger partial charge in [0.05, 0.1) is 6.04 Å². The second kappa shape index (κ2) is 6.20. The molecule has 0 saturated carbocycles. The Kier molecular flexibility index (Phi) is 5.12. The Hall–Kier alpha value is -1.35. The van der Waals surface area contributed by atoms with E-state index in [2.05, 4.69) is 38.2 Å². The fourth-order valence-electron chi connectivity index (χ4n) is 2.16. The summed E-state index contributed by atoms with van der Waals surface area (Å²) in [4.78, 5) is 11.9. The fraction of sp³-hybridized carbons (Fsp3) is 0.562. The molecule has 0 spiro atoms. The Morgan fingerprint density at radius 1 is 1.32 bits per heavy atom. The van der Waals surface area contributed by atoms with E-state index in [9.17, 15) is 4.79 Å². The van der Waals surface area contributed by atoms with Crippen molar-refractivity contribution in [2.45, 2.75) is 46.1 Å². The number of hydrogen-bond acceptors (Lipinski definition) is 2. The van der Waals surface area contributed by atoms with E-state index in [0.29, 0.717) is 6.54 Å². The third kappa shape index (κ3) is 4.06. The molecule has 1 aromatic rings. The van der Waals surface area contributed by atoms with Crippen molar-refractivity contribution in [1.29, 1.82) is 0 Å². The lowest BCUT2D eigenvalue weighted by atomic mass is 9.82. The lowest BCUT2D eigenvalue weighted by molar-refractivity contribution is -0.123. The number of nitrogens with two attached hydrogens (primary N) is 1. The van der Waals surface area contributed by atoms with Crippen molar-refractivity contribution < 1.29 is 4.79 Å². The molecule has 3 N–H and O–H groups in total. The van der Waals surface area contributed by atoms with Gasteiger partial charge in [-0.05, 0) is 24.0 Å². The summed E-state index contributed by atoms with van der Waals surface area (Å²) in [6.45, 7) is 10.9. The zero-order valence-electron chi connectivity index (χ0n) is 12.7. The van der Waals surface area contributed by atoms with Gasteiger partial charge >= 0.3 is 0 Å². The summed E-state index contributed by atoms with van der Waals surface area (Å²) in [5.74, 6) is 0.0817. The summed E-state index contributed by atoms with van der Waals surface area (Å²) in [6.07, 6.45) is 0. The summed E-state index contributed by atoms with van der Waals surface area (Å²) in [5.41, 5.74) is 8.25. The minimum Gasteiger partial charge on any atom is -0.354 e. The molecule has 0 aliphatic carbocycles. The van der Waals surface area contributed by atoms with Crippen LogP contribution >= 0.6 is 0 Å². The van der Waals surface area contributed by atoms with Gasteiger partial charge in [0.2, 0.25) is 5.91 Å². The molecule has 3 nitrogen and oxygen atoms in total. The van der Waals surface area contributed by atoms with E-state index in [-0.39, 0.29) is 17.2 Å². The highest BCUT2D eigenvalue weighted by molar-refractivity contribution is 5.81. The predicted molar refractivity (Wildman–Crippen MR) is 80.0 cm³/mol. The van der Waals surface area contributed by atoms with E-state index >= 15 is 0 Å². The van der Waals surface area contributed by atoms with Crippen LogP contribution in [0.25, 0.3) is 0 Å². The highest BCUT2D eigenvalue weighted by Crippen LogP contribution is 2.25. The monoisotopic (exact) mass is 262 g/mol. The molecular weight excluding hydrogens is 236 g/mol. The van der Waals surface area contributed by atoms with Gasteiger partial charge < -0.3 is 11.1 Å². The van der Waals surface area contributed by atoms with Gasteiger partial charge in [0.15, 0.2) is 0 Å². The van der Waals surface area contributed by atoms with E-state index < -0.39 is 6.04 Å². The maximum absolute atomic E-state index is 11.9. The van der Waals surface area contributed by atoms with Gasteiger partial charge in [-0.1, -0.05) is 52.0 Å². The van der Waals surface area contributed by atoms with Gasteiger partial charge in [-0.3, -0.25) is 4.79 Å². The van der Waals surface area contributed by atoms with Crippen molar-refractivity contribution in [1.82, 2.24) is 5.32 Å². The van der Waals surface area contributed by atoms with Gasteiger partial charge in [0, 0.05) is 12.0 Å². The first-order valence-electron chi connectivity index (χ1n) is 6.85. The summed E-state index contributed by atoms with van der Waals surface area (Å²) in [5, 5.41) is 2.97. The Balaban J connectivity index is 2.71. The molecular formula is C16H26N2O. The summed E-state index contributed by atoms with van der Waals surface area (Å²) in [6, 6.07) is 7.84. The standard InChI is InChI=1S/C16H26N2O/c1-11(2)14(17)15(19)18-10-16(4,5)13-9-7-6-8-12(13)3/h6-9,11,14H,10,17H2,1-5H3,(H,18,19)/t14-/m0/s1. The second-order valence-electron chi connectivity index (χ2n) is 6.19. The van der Waals surface area contributed by atoms with Crippen molar-refractivity contribution in [2.75, 3.05) is 6.54 Å². The average Bonchev–Trinajstić information content (AvgIpc) is 2.35. The van der Waals surface area contributed by atoms with Crippen molar-refractivity contribution in [2.24, 2.45) is 11.7 Å². The number of hydrogen-bond donors (Lipinski definition) is 2. The average molecular weight is 262 g/mol. The third-order valence-corrected chi connectivity index (χ3v) is 3.60. The number of aryl methyl sites for hydroxylation is 1. The van der Waals surface area contributed by atoms with Gasteiger partial charge in [0.1, 0.15) is 0 Å². The van der Waals surface area contributed by atoms with Gasteiger partial charge in [0.25, 0.3) is 0 Å². The fourth-order valence-corrected chi connectivity index (χ4v) is 2.16. The molecule has 0 aliphatic rings. The highest BCUT2D eigenvalue weighted by Gasteiger charge is 2.25. The number of amides is 1. The van der Waals surface area contributed by atoms with Crippen LogP contribution in [0, 0.1) is 12.8 Å². The molecule has 0 unspecified atom stereocenters. The molecule has 0 fully saturated rings. The molecule has 1 atom stereocenters. The van der Waals surface area contributed by atoms with Crippen LogP contribution in [0.3, 0.4) is 0 Å². The maximum Gasteiger partial charge on any atom is 0.237 e. The van der Waals surface area contributed by atoms with Gasteiger partial charge in [-0.15, -0.1) is 0 Å². The molecule has 0 saturated heterocycles. The molecule has 0 aliphatic heterocycles. The van der Waals surface area contributed by atoms with E-state index in [0.717, 1.165) is 0 Å². The summed E-state index contributed by atoms with van der Waals surface area (Å²) in [7, 11) is 0. The first-order chi connectivity index (χ1) is 8.75. The largest absolute Gasteiger partial charge is 0.354 e. The topological polar surface area (TPSA) is 55.1 Å². The molecule has 0 radical (unpaired) electrons. The molecule has 1 rings (SSSR count). The number of rotatable bonds is 5. The molecule has 0 aromatic heterocycles. The number of nitrogens with one attached hydrogen (secondary N) is 1. The van der Waals surface area contributed by atoms with Crippen LogP contribution in [0.1, 0.15) is 38.8 Å². The molecule has 1 amide bonds. The van der Waals surface area contributed by atoms with Crippen molar-refractivity contribution in [3.63, 3.8) is 0 Å². The number of benzene rings is 1. The van der Waals surface area contributed by atoms with Crippen LogP contribution < -0.4 is 11.1 Å². The minimum absolute atomic E-state index is 0.0725. The highest BCUT2D eigenvalue weighted by atomic mass is 16.2. The van der Waals surface area contributed by atoms with E-state index in [1.807, 2.05) is 26.0 Å². The molecule has 106 valence electrons. The van der Waals surface area contributed by atoms with Crippen LogP contribution in [0.4, 0.5) is 0 Å². The third-order valence-electron chi connectivity index (χ3n) is 3.60. The first kappa shape index (κ1) is 15.7. The maximum atomic E-state index is 11.9. The van der Waals surface area contributed by atoms with E-state index in [4.69, 9.17) is 5.73 Å². The first-order valence-corrected chi connectivity index (χ1v) is 6.85. The smallest absolute Gasteiger partial charge is 0.237 e. The summed E-state index contributed by atoms with van der Waals surface area (Å²) >= 11 is 0. The SMILES string of the molecule is Cc1ccccc1C(C)(C)CNC(=O)[C@@H](N)C(C)C. The molecule has 1 aromatic carbocycles. The second-order valence-corrected chi connectivity index (χ2v) is 6.19. The van der Waals surface area contributed by atoms with Gasteiger partial charge in [-0.25, -0.2) is 0 Å². The van der Waals surface area contributed by atoms with E-state index in [1.54, 1.807) is 0 Å². The van der Waals surface area contributed by atoms with Crippen molar-refractivity contribution in [3.05, 3.63) is 35.4 Å². The molecule has 0 bridgehead atoms. The van der Waals surface area contributed by atoms with Crippen molar-refractivity contribution >= 4 is 5.91 Å². The van der Waals surface area contributed by atoms with Crippen LogP contribution in [-0.4, -0.2) is 18.5 Å². The van der Waals surface area contributed by atoms with Crippen LogP contribution in [-0.2, 0) is 10.2 Å². The molecule has 0 heterocycles. The zero-order chi connectivity index (χ0) is 14.6. The summed E-state index contributed by atoms with van der Waals surface area (Å²) < 4.78 is 0. The van der Waals surface area contributed by atoms with Crippen molar-refractivity contribution in [3.8, 4) is 0 Å².